The van der Waals surface area contributed by atoms with Gasteiger partial charge in [0.25, 0.3) is 0 Å². The number of rotatable bonds is 7. The number of benzene rings is 2. The fourth-order valence-electron chi connectivity index (χ4n) is 3.51. The number of thiazole rings is 2. The normalized spacial score (nSPS) is 11.0. The highest BCUT2D eigenvalue weighted by molar-refractivity contribution is 7.15. The van der Waals surface area contributed by atoms with E-state index in [2.05, 4.69) is 15.3 Å². The topological polar surface area (TPSA) is 77.8 Å². The fourth-order valence-corrected chi connectivity index (χ4v) is 5.11. The number of nitrogens with zero attached hydrogens (tertiary/aromatic N) is 3. The molecule has 1 N–H and O–H groups in total. The molecule has 0 saturated heterocycles. The SMILES string of the molecule is COc1ccc(OC)c(-c2csc(NC(=O)Cc3csc4nc(-c5ccc(F)cc5)cn34)n2)c1. The zero-order chi connectivity index (χ0) is 23.7. The lowest BCUT2D eigenvalue weighted by atomic mass is 10.1. The minimum Gasteiger partial charge on any atom is -0.497 e. The van der Waals surface area contributed by atoms with E-state index in [-0.39, 0.29) is 18.1 Å². The number of halogens is 1. The predicted octanol–water partition coefficient (Wildman–Crippen LogP) is 5.52. The molecule has 0 radical (unpaired) electrons. The van der Waals surface area contributed by atoms with Crippen molar-refractivity contribution in [2.24, 2.45) is 0 Å². The Morgan fingerprint density at radius 2 is 1.85 bits per heavy atom. The van der Waals surface area contributed by atoms with Crippen molar-refractivity contribution in [1.29, 1.82) is 0 Å². The van der Waals surface area contributed by atoms with Crippen molar-refractivity contribution in [3.8, 4) is 34.0 Å². The number of carbonyl (C=O) groups excluding carboxylic acids is 1. The van der Waals surface area contributed by atoms with Crippen LogP contribution >= 0.6 is 22.7 Å². The number of carbonyl (C=O) groups is 1. The van der Waals surface area contributed by atoms with Crippen molar-refractivity contribution in [1.82, 2.24) is 14.4 Å². The first kappa shape index (κ1) is 22.1. The van der Waals surface area contributed by atoms with Crippen LogP contribution in [0.4, 0.5) is 9.52 Å². The van der Waals surface area contributed by atoms with E-state index in [0.29, 0.717) is 22.3 Å². The predicted molar refractivity (Wildman–Crippen MR) is 131 cm³/mol. The molecule has 0 aliphatic carbocycles. The number of ether oxygens (including phenoxy) is 2. The second-order valence-electron chi connectivity index (χ2n) is 7.34. The van der Waals surface area contributed by atoms with Gasteiger partial charge in [0.2, 0.25) is 5.91 Å². The van der Waals surface area contributed by atoms with Gasteiger partial charge in [-0.3, -0.25) is 9.20 Å². The zero-order valence-corrected chi connectivity index (χ0v) is 19.9. The van der Waals surface area contributed by atoms with Crippen LogP contribution < -0.4 is 14.8 Å². The molecule has 10 heteroatoms. The summed E-state index contributed by atoms with van der Waals surface area (Å²) >= 11 is 2.79. The molecule has 0 spiro atoms. The number of hydrogen-bond donors (Lipinski definition) is 1. The molecule has 3 aromatic heterocycles. The van der Waals surface area contributed by atoms with Gasteiger partial charge in [0.05, 0.1) is 32.0 Å². The molecule has 0 bridgehead atoms. The number of hydrogen-bond acceptors (Lipinski definition) is 7. The van der Waals surface area contributed by atoms with Gasteiger partial charge in [-0.2, -0.15) is 0 Å². The lowest BCUT2D eigenvalue weighted by Crippen LogP contribution is -2.15. The van der Waals surface area contributed by atoms with Crippen LogP contribution in [0.1, 0.15) is 5.69 Å². The van der Waals surface area contributed by atoms with E-state index in [1.165, 1.54) is 34.8 Å². The van der Waals surface area contributed by atoms with Crippen molar-refractivity contribution in [3.05, 3.63) is 70.9 Å². The van der Waals surface area contributed by atoms with Crippen LogP contribution in [0.5, 0.6) is 11.5 Å². The summed E-state index contributed by atoms with van der Waals surface area (Å²) in [6, 6.07) is 11.7. The molecule has 0 unspecified atom stereocenters. The van der Waals surface area contributed by atoms with Crippen LogP contribution in [0, 0.1) is 5.82 Å². The maximum Gasteiger partial charge on any atom is 0.232 e. The molecule has 7 nitrogen and oxygen atoms in total. The molecule has 0 atom stereocenters. The molecular weight excluding hydrogens is 475 g/mol. The van der Waals surface area contributed by atoms with Crippen molar-refractivity contribution >= 4 is 38.7 Å². The second-order valence-corrected chi connectivity index (χ2v) is 9.04. The van der Waals surface area contributed by atoms with Gasteiger partial charge in [0, 0.05) is 33.8 Å². The molecule has 34 heavy (non-hydrogen) atoms. The van der Waals surface area contributed by atoms with Gasteiger partial charge in [-0.25, -0.2) is 14.4 Å². The Morgan fingerprint density at radius 3 is 2.62 bits per heavy atom. The van der Waals surface area contributed by atoms with Gasteiger partial charge in [0.15, 0.2) is 10.1 Å². The summed E-state index contributed by atoms with van der Waals surface area (Å²) in [5, 5.41) is 7.14. The molecule has 0 saturated carbocycles. The van der Waals surface area contributed by atoms with Gasteiger partial charge in [0.1, 0.15) is 17.3 Å². The lowest BCUT2D eigenvalue weighted by Gasteiger charge is -2.08. The Kier molecular flexibility index (Phi) is 5.99. The molecule has 5 rings (SSSR count). The van der Waals surface area contributed by atoms with Crippen molar-refractivity contribution < 1.29 is 18.7 Å². The van der Waals surface area contributed by atoms with Crippen LogP contribution in [0.15, 0.2) is 59.4 Å². The summed E-state index contributed by atoms with van der Waals surface area (Å²) in [4.78, 5) is 22.7. The summed E-state index contributed by atoms with van der Waals surface area (Å²) < 4.78 is 25.8. The number of amides is 1. The van der Waals surface area contributed by atoms with Crippen LogP contribution in [0.25, 0.3) is 27.5 Å². The van der Waals surface area contributed by atoms with Gasteiger partial charge in [-0.05, 0) is 42.5 Å². The summed E-state index contributed by atoms with van der Waals surface area (Å²) in [5.41, 5.74) is 3.82. The highest BCUT2D eigenvalue weighted by Crippen LogP contribution is 2.35. The lowest BCUT2D eigenvalue weighted by molar-refractivity contribution is -0.115. The summed E-state index contributed by atoms with van der Waals surface area (Å²) in [7, 11) is 3.20. The minimum atomic E-state index is -0.294. The van der Waals surface area contributed by atoms with E-state index < -0.39 is 0 Å². The van der Waals surface area contributed by atoms with E-state index in [4.69, 9.17) is 9.47 Å². The highest BCUT2D eigenvalue weighted by Gasteiger charge is 2.16. The molecule has 0 aliphatic rings. The average Bonchev–Trinajstić information content (AvgIpc) is 3.57. The molecule has 1 amide bonds. The molecule has 2 aromatic carbocycles. The molecule has 3 heterocycles. The molecule has 5 aromatic rings. The van der Waals surface area contributed by atoms with Crippen LogP contribution in [-0.2, 0) is 11.2 Å². The third-order valence-electron chi connectivity index (χ3n) is 5.20. The van der Waals surface area contributed by atoms with Gasteiger partial charge in [-0.15, -0.1) is 22.7 Å². The Morgan fingerprint density at radius 1 is 1.03 bits per heavy atom. The van der Waals surface area contributed by atoms with Gasteiger partial charge < -0.3 is 14.8 Å². The third kappa shape index (κ3) is 4.37. The molecular formula is C24H19FN4O3S2. The maximum absolute atomic E-state index is 13.2. The summed E-state index contributed by atoms with van der Waals surface area (Å²) in [6.45, 7) is 0. The first-order chi connectivity index (χ1) is 16.5. The number of methoxy groups -OCH3 is 2. The van der Waals surface area contributed by atoms with Crippen LogP contribution in [-0.4, -0.2) is 34.5 Å². The largest absolute Gasteiger partial charge is 0.497 e. The number of nitrogens with one attached hydrogen (secondary N) is 1. The molecule has 0 aliphatic heterocycles. The number of imidazole rings is 1. The van der Waals surface area contributed by atoms with E-state index in [1.54, 1.807) is 26.4 Å². The first-order valence-electron chi connectivity index (χ1n) is 10.2. The Hall–Kier alpha value is -3.76. The first-order valence-corrected chi connectivity index (χ1v) is 12.0. The Balaban J connectivity index is 1.32. The summed E-state index contributed by atoms with van der Waals surface area (Å²) in [5.74, 6) is 0.880. The standard InChI is InChI=1S/C24H19FN4O3S2/c1-31-17-7-8-21(32-2)18(10-17)20-13-33-23(26-20)28-22(30)9-16-12-34-24-27-19(11-29(16)24)14-3-5-15(25)6-4-14/h3-8,10-13H,9H2,1-2H3,(H,26,28,30). The molecule has 172 valence electrons. The zero-order valence-electron chi connectivity index (χ0n) is 18.2. The number of aromatic nitrogens is 3. The highest BCUT2D eigenvalue weighted by atomic mass is 32.1. The summed E-state index contributed by atoms with van der Waals surface area (Å²) in [6.07, 6.45) is 2.02. The van der Waals surface area contributed by atoms with Gasteiger partial charge >= 0.3 is 0 Å². The smallest absolute Gasteiger partial charge is 0.232 e. The minimum absolute atomic E-state index is 0.163. The fraction of sp³-hybridized carbons (Fsp3) is 0.125. The molecule has 0 fully saturated rings. The number of anilines is 1. The second kappa shape index (κ2) is 9.24. The maximum atomic E-state index is 13.2. The Bertz CT molecular complexity index is 1470. The Labute approximate surface area is 202 Å². The van der Waals surface area contributed by atoms with Crippen molar-refractivity contribution in [2.45, 2.75) is 6.42 Å². The van der Waals surface area contributed by atoms with Crippen LogP contribution in [0.2, 0.25) is 0 Å². The number of fused-ring (bicyclic) bond motifs is 1. The quantitative estimate of drug-likeness (QED) is 0.322. The van der Waals surface area contributed by atoms with E-state index in [1.807, 2.05) is 39.6 Å². The average molecular weight is 495 g/mol. The van der Waals surface area contributed by atoms with E-state index in [9.17, 15) is 9.18 Å². The monoisotopic (exact) mass is 494 g/mol. The van der Waals surface area contributed by atoms with Crippen LogP contribution in [0.3, 0.4) is 0 Å². The van der Waals surface area contributed by atoms with Gasteiger partial charge in [-0.1, -0.05) is 0 Å². The van der Waals surface area contributed by atoms with E-state index >= 15 is 0 Å². The third-order valence-corrected chi connectivity index (χ3v) is 6.84. The van der Waals surface area contributed by atoms with Crippen molar-refractivity contribution in [2.75, 3.05) is 19.5 Å². The van der Waals surface area contributed by atoms with Crippen molar-refractivity contribution in [3.63, 3.8) is 0 Å². The van der Waals surface area contributed by atoms with E-state index in [0.717, 1.165) is 27.5 Å².